The van der Waals surface area contributed by atoms with Crippen molar-refractivity contribution >= 4 is 21.6 Å². The van der Waals surface area contributed by atoms with Gasteiger partial charge in [0.05, 0.1) is 16.3 Å². The van der Waals surface area contributed by atoms with Crippen molar-refractivity contribution in [2.45, 2.75) is 27.3 Å². The molecule has 6 heteroatoms. The third-order valence-corrected chi connectivity index (χ3v) is 5.44. The molecule has 0 amide bonds. The van der Waals surface area contributed by atoms with E-state index >= 15 is 0 Å². The first-order valence-corrected chi connectivity index (χ1v) is 9.44. The minimum absolute atomic E-state index is 0.195. The first-order valence-electron chi connectivity index (χ1n) is 8.62. The molecule has 0 aliphatic rings. The maximum atomic E-state index is 13.5. The van der Waals surface area contributed by atoms with Crippen LogP contribution in [0.2, 0.25) is 0 Å². The number of fused-ring (bicyclic) bond motifs is 1. The third kappa shape index (κ3) is 3.28. The lowest BCUT2D eigenvalue weighted by atomic mass is 10.0. The van der Waals surface area contributed by atoms with Crippen molar-refractivity contribution in [1.82, 2.24) is 14.8 Å². The molecular formula is C21H18FN3OS. The van der Waals surface area contributed by atoms with Crippen LogP contribution >= 0.6 is 11.3 Å². The van der Waals surface area contributed by atoms with Crippen LogP contribution in [0.1, 0.15) is 21.7 Å². The molecule has 0 bridgehead atoms. The second-order valence-corrected chi connectivity index (χ2v) is 7.87. The number of aromatic nitrogens is 3. The summed E-state index contributed by atoms with van der Waals surface area (Å²) in [7, 11) is 0. The lowest BCUT2D eigenvalue weighted by molar-refractivity contribution is 0.613. The molecule has 0 saturated carbocycles. The van der Waals surface area contributed by atoms with E-state index in [4.69, 9.17) is 0 Å². The van der Waals surface area contributed by atoms with Gasteiger partial charge >= 0.3 is 0 Å². The van der Waals surface area contributed by atoms with Crippen molar-refractivity contribution in [3.8, 4) is 11.3 Å². The molecule has 136 valence electrons. The number of nitrogens with zero attached hydrogens (tertiary/aromatic N) is 3. The van der Waals surface area contributed by atoms with Crippen molar-refractivity contribution in [2.75, 3.05) is 0 Å². The SMILES string of the molecule is Cc1ccc(-c2nn(Cc3cccc(F)c3)c(=O)c3nc(C)sc23)c(C)c1. The standard InChI is InChI=1S/C21H18FN3OS/c1-12-7-8-17(13(2)9-12)18-20-19(23-14(3)27-20)21(26)25(24-18)11-15-5-4-6-16(22)10-15/h4-10H,11H2,1-3H3. The molecule has 27 heavy (non-hydrogen) atoms. The second kappa shape index (κ2) is 6.70. The Bertz CT molecular complexity index is 1230. The molecule has 0 aliphatic heterocycles. The predicted octanol–water partition coefficient (Wildman–Crippen LogP) is 4.63. The molecule has 4 nitrogen and oxygen atoms in total. The van der Waals surface area contributed by atoms with Gasteiger partial charge in [0.1, 0.15) is 11.5 Å². The van der Waals surface area contributed by atoms with Gasteiger partial charge in [0.2, 0.25) is 0 Å². The van der Waals surface area contributed by atoms with E-state index in [2.05, 4.69) is 16.1 Å². The van der Waals surface area contributed by atoms with Crippen LogP contribution in [0.5, 0.6) is 0 Å². The highest BCUT2D eigenvalue weighted by Crippen LogP contribution is 2.31. The van der Waals surface area contributed by atoms with E-state index in [9.17, 15) is 9.18 Å². The molecule has 2 aromatic carbocycles. The molecule has 0 fully saturated rings. The summed E-state index contributed by atoms with van der Waals surface area (Å²) in [6, 6.07) is 12.4. The summed E-state index contributed by atoms with van der Waals surface area (Å²) in [5.41, 5.74) is 4.81. The highest BCUT2D eigenvalue weighted by atomic mass is 32.1. The van der Waals surface area contributed by atoms with Gasteiger partial charge in [0.25, 0.3) is 5.56 Å². The monoisotopic (exact) mass is 379 g/mol. The lowest BCUT2D eigenvalue weighted by Gasteiger charge is -2.11. The van der Waals surface area contributed by atoms with Crippen LogP contribution in [0.3, 0.4) is 0 Å². The van der Waals surface area contributed by atoms with Crippen LogP contribution in [0, 0.1) is 26.6 Å². The van der Waals surface area contributed by atoms with Crippen molar-refractivity contribution in [3.05, 3.63) is 80.3 Å². The van der Waals surface area contributed by atoms with Crippen molar-refractivity contribution in [1.29, 1.82) is 0 Å². The van der Waals surface area contributed by atoms with Gasteiger partial charge in [-0.05, 0) is 44.0 Å². The molecular weight excluding hydrogens is 361 g/mol. The Hall–Kier alpha value is -2.86. The van der Waals surface area contributed by atoms with E-state index in [0.717, 1.165) is 26.5 Å². The van der Waals surface area contributed by atoms with E-state index in [1.165, 1.54) is 33.7 Å². The number of thiazole rings is 1. The average Bonchev–Trinajstić information content (AvgIpc) is 3.00. The zero-order valence-corrected chi connectivity index (χ0v) is 16.1. The fourth-order valence-electron chi connectivity index (χ4n) is 3.24. The Balaban J connectivity index is 1.95. The van der Waals surface area contributed by atoms with Gasteiger partial charge in [-0.15, -0.1) is 11.3 Å². The summed E-state index contributed by atoms with van der Waals surface area (Å²) in [5.74, 6) is -0.333. The van der Waals surface area contributed by atoms with Gasteiger partial charge in [0.15, 0.2) is 5.52 Å². The molecule has 4 rings (SSSR count). The number of hydrogen-bond donors (Lipinski definition) is 0. The quantitative estimate of drug-likeness (QED) is 0.521. The van der Waals surface area contributed by atoms with Crippen molar-refractivity contribution in [3.63, 3.8) is 0 Å². The Morgan fingerprint density at radius 2 is 1.93 bits per heavy atom. The summed E-state index contributed by atoms with van der Waals surface area (Å²) in [5, 5.41) is 5.47. The molecule has 0 radical (unpaired) electrons. The largest absolute Gasteiger partial charge is 0.294 e. The molecule has 2 heterocycles. The lowest BCUT2D eigenvalue weighted by Crippen LogP contribution is -2.24. The highest BCUT2D eigenvalue weighted by Gasteiger charge is 2.18. The summed E-state index contributed by atoms with van der Waals surface area (Å²) in [4.78, 5) is 17.3. The summed E-state index contributed by atoms with van der Waals surface area (Å²) >= 11 is 1.47. The topological polar surface area (TPSA) is 47.8 Å². The second-order valence-electron chi connectivity index (χ2n) is 6.67. The normalized spacial score (nSPS) is 11.3. The minimum Gasteiger partial charge on any atom is -0.265 e. The van der Waals surface area contributed by atoms with E-state index in [1.54, 1.807) is 12.1 Å². The van der Waals surface area contributed by atoms with E-state index in [1.807, 2.05) is 32.9 Å². The number of benzene rings is 2. The first kappa shape index (κ1) is 17.5. The number of hydrogen-bond acceptors (Lipinski definition) is 4. The molecule has 0 unspecified atom stereocenters. The first-order chi connectivity index (χ1) is 12.9. The smallest absolute Gasteiger partial charge is 0.265 e. The van der Waals surface area contributed by atoms with Crippen LogP contribution < -0.4 is 5.56 Å². The molecule has 0 N–H and O–H groups in total. The molecule has 0 atom stereocenters. The maximum Gasteiger partial charge on any atom is 0.294 e. The van der Waals surface area contributed by atoms with E-state index < -0.39 is 0 Å². The van der Waals surface area contributed by atoms with Gasteiger partial charge in [-0.3, -0.25) is 4.79 Å². The van der Waals surface area contributed by atoms with Crippen molar-refractivity contribution in [2.24, 2.45) is 0 Å². The Kier molecular flexibility index (Phi) is 4.36. The minimum atomic E-state index is -0.333. The Labute approximate surface area is 159 Å². The Morgan fingerprint density at radius 3 is 2.67 bits per heavy atom. The predicted molar refractivity (Wildman–Crippen MR) is 107 cm³/mol. The summed E-state index contributed by atoms with van der Waals surface area (Å²) < 4.78 is 15.7. The van der Waals surface area contributed by atoms with Gasteiger partial charge < -0.3 is 0 Å². The molecule has 0 spiro atoms. The number of halogens is 1. The van der Waals surface area contributed by atoms with Crippen LogP contribution in [0.15, 0.2) is 47.3 Å². The van der Waals surface area contributed by atoms with E-state index in [0.29, 0.717) is 11.1 Å². The van der Waals surface area contributed by atoms with Gasteiger partial charge in [-0.2, -0.15) is 5.10 Å². The Morgan fingerprint density at radius 1 is 1.11 bits per heavy atom. The highest BCUT2D eigenvalue weighted by molar-refractivity contribution is 7.19. The number of aryl methyl sites for hydroxylation is 3. The summed E-state index contributed by atoms with van der Waals surface area (Å²) in [6.07, 6.45) is 0. The molecule has 2 aromatic heterocycles. The van der Waals surface area contributed by atoms with Crippen LogP contribution in [-0.4, -0.2) is 14.8 Å². The van der Waals surface area contributed by atoms with Gasteiger partial charge in [0, 0.05) is 5.56 Å². The van der Waals surface area contributed by atoms with Crippen LogP contribution in [0.4, 0.5) is 4.39 Å². The average molecular weight is 379 g/mol. The van der Waals surface area contributed by atoms with Crippen LogP contribution in [-0.2, 0) is 6.54 Å². The van der Waals surface area contributed by atoms with Crippen LogP contribution in [0.25, 0.3) is 21.5 Å². The van der Waals surface area contributed by atoms with Gasteiger partial charge in [-0.25, -0.2) is 14.1 Å². The zero-order chi connectivity index (χ0) is 19.1. The third-order valence-electron chi connectivity index (χ3n) is 4.47. The van der Waals surface area contributed by atoms with Crippen molar-refractivity contribution < 1.29 is 4.39 Å². The zero-order valence-electron chi connectivity index (χ0n) is 15.3. The maximum absolute atomic E-state index is 13.5. The molecule has 0 saturated heterocycles. The van der Waals surface area contributed by atoms with E-state index in [-0.39, 0.29) is 17.9 Å². The molecule has 0 aliphatic carbocycles. The fourth-order valence-corrected chi connectivity index (χ4v) is 4.15. The number of rotatable bonds is 3. The van der Waals surface area contributed by atoms with Gasteiger partial charge in [-0.1, -0.05) is 35.9 Å². The molecule has 4 aromatic rings. The fraction of sp³-hybridized carbons (Fsp3) is 0.190. The summed E-state index contributed by atoms with van der Waals surface area (Å²) in [6.45, 7) is 6.15.